The third kappa shape index (κ3) is 6.44. The van der Waals surface area contributed by atoms with Crippen LogP contribution in [0.5, 0.6) is 0 Å². The molecule has 1 N–H and O–H groups in total. The first kappa shape index (κ1) is 22.6. The highest BCUT2D eigenvalue weighted by molar-refractivity contribution is 14.0. The fourth-order valence-corrected chi connectivity index (χ4v) is 3.24. The topological polar surface area (TPSA) is 54.7 Å². The van der Waals surface area contributed by atoms with Crippen molar-refractivity contribution in [3.63, 3.8) is 0 Å². The summed E-state index contributed by atoms with van der Waals surface area (Å²) in [6, 6.07) is 6.78. The Kier molecular flexibility index (Phi) is 9.17. The van der Waals surface area contributed by atoms with Gasteiger partial charge in [-0.2, -0.15) is 5.10 Å². The molecule has 1 atom stereocenters. The third-order valence-electron chi connectivity index (χ3n) is 4.57. The quantitative estimate of drug-likeness (QED) is 0.286. The molecule has 2 aromatic rings. The molecule has 154 valence electrons. The average Bonchev–Trinajstić information content (AvgIpc) is 3.11. The number of ether oxygens (including phenoxy) is 1. The molecule has 28 heavy (non-hydrogen) atoms. The second-order valence-electron chi connectivity index (χ2n) is 6.72. The zero-order valence-electron chi connectivity index (χ0n) is 16.5. The van der Waals surface area contributed by atoms with Crippen LogP contribution in [0.4, 0.5) is 4.39 Å². The van der Waals surface area contributed by atoms with E-state index in [4.69, 9.17) is 9.73 Å². The van der Waals surface area contributed by atoms with Crippen molar-refractivity contribution in [2.45, 2.75) is 25.9 Å². The normalized spacial score (nSPS) is 17.3. The number of nitrogens with one attached hydrogen (secondary N) is 1. The van der Waals surface area contributed by atoms with Gasteiger partial charge < -0.3 is 15.0 Å². The molecule has 6 nitrogen and oxygen atoms in total. The summed E-state index contributed by atoms with van der Waals surface area (Å²) in [7, 11) is 1.91. The lowest BCUT2D eigenvalue weighted by Crippen LogP contribution is -2.48. The molecular weight excluding hydrogens is 472 g/mol. The lowest BCUT2D eigenvalue weighted by molar-refractivity contribution is -0.00804. The minimum atomic E-state index is -0.181. The number of morpholine rings is 1. The van der Waals surface area contributed by atoms with Crippen LogP contribution in [0, 0.1) is 5.82 Å². The maximum atomic E-state index is 13.3. The molecule has 0 aliphatic carbocycles. The Balaban J connectivity index is 0.00000280. The SMILES string of the molecule is CCNC(=NCCCc1cccc(F)c1)N1CCOC(c2cnn(C)c2)C1.I. The molecule has 1 aromatic carbocycles. The number of guanidine groups is 1. The monoisotopic (exact) mass is 501 g/mol. The Morgan fingerprint density at radius 1 is 1.43 bits per heavy atom. The van der Waals surface area contributed by atoms with Gasteiger partial charge in [0.25, 0.3) is 0 Å². The summed E-state index contributed by atoms with van der Waals surface area (Å²) in [5.74, 6) is 0.730. The molecule has 3 rings (SSSR count). The van der Waals surface area contributed by atoms with Gasteiger partial charge in [0.05, 0.1) is 19.3 Å². The molecule has 1 unspecified atom stereocenters. The summed E-state index contributed by atoms with van der Waals surface area (Å²) >= 11 is 0. The summed E-state index contributed by atoms with van der Waals surface area (Å²) in [5, 5.41) is 7.62. The molecule has 1 saturated heterocycles. The van der Waals surface area contributed by atoms with Crippen LogP contribution in [0.25, 0.3) is 0 Å². The van der Waals surface area contributed by atoms with E-state index in [2.05, 4.69) is 22.2 Å². The molecule has 0 radical (unpaired) electrons. The minimum absolute atomic E-state index is 0. The highest BCUT2D eigenvalue weighted by Gasteiger charge is 2.25. The van der Waals surface area contributed by atoms with E-state index < -0.39 is 0 Å². The van der Waals surface area contributed by atoms with Crippen molar-refractivity contribution in [3.05, 3.63) is 53.6 Å². The maximum absolute atomic E-state index is 13.3. The van der Waals surface area contributed by atoms with Crippen LogP contribution in [-0.4, -0.2) is 53.4 Å². The number of hydrogen-bond acceptors (Lipinski definition) is 3. The molecule has 0 saturated carbocycles. The van der Waals surface area contributed by atoms with Gasteiger partial charge in [-0.3, -0.25) is 9.67 Å². The summed E-state index contributed by atoms with van der Waals surface area (Å²) in [5.41, 5.74) is 2.10. The van der Waals surface area contributed by atoms with Gasteiger partial charge in [0.15, 0.2) is 5.96 Å². The van der Waals surface area contributed by atoms with Gasteiger partial charge in [0, 0.05) is 38.4 Å². The smallest absolute Gasteiger partial charge is 0.194 e. The van der Waals surface area contributed by atoms with Crippen LogP contribution in [0.15, 0.2) is 41.7 Å². The van der Waals surface area contributed by atoms with E-state index in [-0.39, 0.29) is 35.9 Å². The number of aromatic nitrogens is 2. The van der Waals surface area contributed by atoms with E-state index in [9.17, 15) is 4.39 Å². The number of aryl methyl sites for hydroxylation is 2. The molecular formula is C20H29FIN5O. The molecule has 0 amide bonds. The van der Waals surface area contributed by atoms with Crippen molar-refractivity contribution < 1.29 is 9.13 Å². The van der Waals surface area contributed by atoms with Gasteiger partial charge in [-0.05, 0) is 37.5 Å². The highest BCUT2D eigenvalue weighted by atomic mass is 127. The summed E-state index contributed by atoms with van der Waals surface area (Å²) in [4.78, 5) is 7.01. The molecule has 0 spiro atoms. The minimum Gasteiger partial charge on any atom is -0.370 e. The largest absolute Gasteiger partial charge is 0.370 e. The first-order chi connectivity index (χ1) is 13.2. The van der Waals surface area contributed by atoms with Gasteiger partial charge in [-0.1, -0.05) is 12.1 Å². The van der Waals surface area contributed by atoms with Crippen LogP contribution >= 0.6 is 24.0 Å². The first-order valence-electron chi connectivity index (χ1n) is 9.53. The Hall–Kier alpha value is -1.68. The number of aliphatic imine (C=N–C) groups is 1. The van der Waals surface area contributed by atoms with E-state index in [1.54, 1.807) is 16.8 Å². The van der Waals surface area contributed by atoms with Gasteiger partial charge in [-0.15, -0.1) is 24.0 Å². The Morgan fingerprint density at radius 3 is 3.00 bits per heavy atom. The zero-order chi connectivity index (χ0) is 19.1. The lowest BCUT2D eigenvalue weighted by atomic mass is 10.1. The van der Waals surface area contributed by atoms with Crippen LogP contribution in [0.3, 0.4) is 0 Å². The van der Waals surface area contributed by atoms with Crippen molar-refractivity contribution >= 4 is 29.9 Å². The Morgan fingerprint density at radius 2 is 2.29 bits per heavy atom. The van der Waals surface area contributed by atoms with E-state index in [0.29, 0.717) is 13.2 Å². The second kappa shape index (κ2) is 11.4. The third-order valence-corrected chi connectivity index (χ3v) is 4.57. The molecule has 0 bridgehead atoms. The van der Waals surface area contributed by atoms with Gasteiger partial charge in [0.2, 0.25) is 0 Å². The molecule has 2 heterocycles. The van der Waals surface area contributed by atoms with E-state index in [1.165, 1.54) is 6.07 Å². The second-order valence-corrected chi connectivity index (χ2v) is 6.72. The fourth-order valence-electron chi connectivity index (χ4n) is 3.24. The number of nitrogens with zero attached hydrogens (tertiary/aromatic N) is 4. The van der Waals surface area contributed by atoms with Crippen LogP contribution < -0.4 is 5.32 Å². The van der Waals surface area contributed by atoms with Crippen molar-refractivity contribution in [1.29, 1.82) is 0 Å². The maximum Gasteiger partial charge on any atom is 0.194 e. The first-order valence-corrected chi connectivity index (χ1v) is 9.53. The molecule has 1 aromatic heterocycles. The predicted octanol–water partition coefficient (Wildman–Crippen LogP) is 3.15. The number of hydrogen-bond donors (Lipinski definition) is 1. The van der Waals surface area contributed by atoms with Gasteiger partial charge >= 0.3 is 0 Å². The molecule has 1 aliphatic rings. The molecule has 1 aliphatic heterocycles. The van der Waals surface area contributed by atoms with Crippen LogP contribution in [0.1, 0.15) is 30.6 Å². The van der Waals surface area contributed by atoms with E-state index in [1.807, 2.05) is 25.5 Å². The Labute approximate surface area is 183 Å². The lowest BCUT2D eigenvalue weighted by Gasteiger charge is -2.34. The molecule has 8 heteroatoms. The Bertz CT molecular complexity index is 767. The van der Waals surface area contributed by atoms with Crippen LogP contribution in [-0.2, 0) is 18.2 Å². The van der Waals surface area contributed by atoms with Crippen molar-refractivity contribution in [2.24, 2.45) is 12.0 Å². The van der Waals surface area contributed by atoms with Crippen molar-refractivity contribution in [3.8, 4) is 0 Å². The highest BCUT2D eigenvalue weighted by Crippen LogP contribution is 2.21. The fraction of sp³-hybridized carbons (Fsp3) is 0.500. The van der Waals surface area contributed by atoms with E-state index >= 15 is 0 Å². The summed E-state index contributed by atoms with van der Waals surface area (Å²) in [6.45, 7) is 5.81. The van der Waals surface area contributed by atoms with Gasteiger partial charge in [0.1, 0.15) is 11.9 Å². The summed E-state index contributed by atoms with van der Waals surface area (Å²) in [6.07, 6.45) is 5.56. The zero-order valence-corrected chi connectivity index (χ0v) is 18.8. The van der Waals surface area contributed by atoms with Gasteiger partial charge in [-0.25, -0.2) is 4.39 Å². The average molecular weight is 501 g/mol. The predicted molar refractivity (Wildman–Crippen MR) is 120 cm³/mol. The van der Waals surface area contributed by atoms with Crippen LogP contribution in [0.2, 0.25) is 0 Å². The van der Waals surface area contributed by atoms with Crippen molar-refractivity contribution in [2.75, 3.05) is 32.8 Å². The number of benzene rings is 1. The summed E-state index contributed by atoms with van der Waals surface area (Å²) < 4.78 is 21.0. The van der Waals surface area contributed by atoms with E-state index in [0.717, 1.165) is 49.6 Å². The standard InChI is InChI=1S/C20H28FN5O.HI/c1-3-22-20(23-9-5-7-16-6-4-8-18(21)12-16)26-10-11-27-19(15-26)17-13-24-25(2)14-17;/h4,6,8,12-14,19H,3,5,7,9-11,15H2,1-2H3,(H,22,23);1H. The van der Waals surface area contributed by atoms with Crippen molar-refractivity contribution in [1.82, 2.24) is 20.0 Å². The molecule has 1 fully saturated rings. The number of rotatable bonds is 6. The number of halogens is 2.